The third kappa shape index (κ3) is 7.40. The largest absolute Gasteiger partial charge is 0.573 e. The van der Waals surface area contributed by atoms with Gasteiger partial charge >= 0.3 is 6.36 Å². The molecule has 0 atom stereocenters. The number of hydrogen-bond acceptors (Lipinski definition) is 3. The van der Waals surface area contributed by atoms with Crippen LogP contribution in [0.15, 0.2) is 29.3 Å². The molecule has 0 bridgehead atoms. The number of para-hydroxylation sites is 2. The molecule has 0 fully saturated rings. The lowest BCUT2D eigenvalue weighted by molar-refractivity contribution is -0.274. The summed E-state index contributed by atoms with van der Waals surface area (Å²) in [6.45, 7) is 3.48. The fourth-order valence-corrected chi connectivity index (χ4v) is 1.47. The lowest BCUT2D eigenvalue weighted by Gasteiger charge is -2.14. The molecule has 0 radical (unpaired) electrons. The molecule has 8 heteroatoms. The molecular formula is C13H18F3N3O2. The Kier molecular flexibility index (Phi) is 6.80. The number of aliphatic imine (C=N–C) groups is 1. The van der Waals surface area contributed by atoms with Crippen LogP contribution in [0.3, 0.4) is 0 Å². The highest BCUT2D eigenvalue weighted by atomic mass is 19.4. The van der Waals surface area contributed by atoms with Gasteiger partial charge in [0.15, 0.2) is 11.7 Å². The monoisotopic (exact) mass is 305 g/mol. The summed E-state index contributed by atoms with van der Waals surface area (Å²) in [5, 5.41) is 2.59. The van der Waals surface area contributed by atoms with E-state index in [0.29, 0.717) is 26.2 Å². The molecule has 0 unspecified atom stereocenters. The molecule has 0 aliphatic rings. The zero-order chi connectivity index (χ0) is 15.7. The number of rotatable bonds is 7. The van der Waals surface area contributed by atoms with Crippen molar-refractivity contribution in [3.05, 3.63) is 24.3 Å². The standard InChI is InChI=1S/C13H18F3N3O2/c1-2-20-9-5-8-18-12(17)19-10-6-3-4-7-11(10)21-13(14,15)16/h3-4,6-7H,2,5,8-9H2,1H3,(H3,17,18,19). The van der Waals surface area contributed by atoms with Crippen molar-refractivity contribution in [3.63, 3.8) is 0 Å². The summed E-state index contributed by atoms with van der Waals surface area (Å²) in [4.78, 5) is 4.00. The Bertz CT molecular complexity index is 464. The molecule has 5 nitrogen and oxygen atoms in total. The molecule has 1 aromatic carbocycles. The summed E-state index contributed by atoms with van der Waals surface area (Å²) in [5.41, 5.74) is 5.71. The summed E-state index contributed by atoms with van der Waals surface area (Å²) in [6.07, 6.45) is -4.09. The summed E-state index contributed by atoms with van der Waals surface area (Å²) < 4.78 is 45.8. The first-order valence-corrected chi connectivity index (χ1v) is 6.42. The van der Waals surface area contributed by atoms with Gasteiger partial charge in [-0.1, -0.05) is 12.1 Å². The molecule has 3 N–H and O–H groups in total. The van der Waals surface area contributed by atoms with Crippen LogP contribution in [0.5, 0.6) is 5.75 Å². The molecule has 0 aliphatic heterocycles. The second kappa shape index (κ2) is 8.35. The minimum Gasteiger partial charge on any atom is -0.404 e. The van der Waals surface area contributed by atoms with Crippen molar-refractivity contribution in [1.82, 2.24) is 0 Å². The Labute approximate surface area is 120 Å². The Morgan fingerprint density at radius 2 is 2.05 bits per heavy atom. The van der Waals surface area contributed by atoms with Crippen molar-refractivity contribution in [3.8, 4) is 5.75 Å². The van der Waals surface area contributed by atoms with Crippen molar-refractivity contribution >= 4 is 11.6 Å². The van der Waals surface area contributed by atoms with Crippen molar-refractivity contribution in [1.29, 1.82) is 0 Å². The number of nitrogens with one attached hydrogen (secondary N) is 1. The number of benzene rings is 1. The highest BCUT2D eigenvalue weighted by Gasteiger charge is 2.32. The molecule has 0 saturated heterocycles. The minimum atomic E-state index is -4.76. The molecule has 21 heavy (non-hydrogen) atoms. The average Bonchev–Trinajstić information content (AvgIpc) is 2.39. The van der Waals surface area contributed by atoms with Gasteiger partial charge in [-0.05, 0) is 25.5 Å². The first kappa shape index (κ1) is 17.1. The van der Waals surface area contributed by atoms with Crippen molar-refractivity contribution in [2.24, 2.45) is 10.7 Å². The Morgan fingerprint density at radius 3 is 2.71 bits per heavy atom. The SMILES string of the molecule is CCOCCCN=C(N)Nc1ccccc1OC(F)(F)F. The summed E-state index contributed by atoms with van der Waals surface area (Å²) in [7, 11) is 0. The second-order valence-electron chi connectivity index (χ2n) is 3.99. The van der Waals surface area contributed by atoms with Gasteiger partial charge in [0.05, 0.1) is 5.69 Å². The molecular weight excluding hydrogens is 287 g/mol. The molecule has 1 rings (SSSR count). The van der Waals surface area contributed by atoms with E-state index in [4.69, 9.17) is 10.5 Å². The van der Waals surface area contributed by atoms with Crippen molar-refractivity contribution < 1.29 is 22.6 Å². The zero-order valence-electron chi connectivity index (χ0n) is 11.6. The molecule has 0 aliphatic carbocycles. The summed E-state index contributed by atoms with van der Waals surface area (Å²) >= 11 is 0. The van der Waals surface area contributed by atoms with Crippen LogP contribution in [0.4, 0.5) is 18.9 Å². The van der Waals surface area contributed by atoms with Crippen LogP contribution in [-0.4, -0.2) is 32.1 Å². The fraction of sp³-hybridized carbons (Fsp3) is 0.462. The number of nitrogens with zero attached hydrogens (tertiary/aromatic N) is 1. The van der Waals surface area contributed by atoms with Gasteiger partial charge in [-0.15, -0.1) is 13.2 Å². The van der Waals surface area contributed by atoms with Crippen LogP contribution in [-0.2, 0) is 4.74 Å². The average molecular weight is 305 g/mol. The fourth-order valence-electron chi connectivity index (χ4n) is 1.47. The van der Waals surface area contributed by atoms with E-state index >= 15 is 0 Å². The number of halogens is 3. The highest BCUT2D eigenvalue weighted by Crippen LogP contribution is 2.29. The number of nitrogens with two attached hydrogens (primary N) is 1. The van der Waals surface area contributed by atoms with Gasteiger partial charge < -0.3 is 20.5 Å². The Balaban J connectivity index is 2.59. The molecule has 118 valence electrons. The van der Waals surface area contributed by atoms with E-state index in [1.54, 1.807) is 6.07 Å². The number of anilines is 1. The Morgan fingerprint density at radius 1 is 1.33 bits per heavy atom. The van der Waals surface area contributed by atoms with E-state index in [-0.39, 0.29) is 17.4 Å². The minimum absolute atomic E-state index is 0.0183. The highest BCUT2D eigenvalue weighted by molar-refractivity contribution is 5.93. The topological polar surface area (TPSA) is 68.9 Å². The van der Waals surface area contributed by atoms with Gasteiger partial charge in [0.25, 0.3) is 0 Å². The first-order chi connectivity index (χ1) is 9.92. The summed E-state index contributed by atoms with van der Waals surface area (Å²) in [5.74, 6) is -0.345. The van der Waals surface area contributed by atoms with Gasteiger partial charge in [0, 0.05) is 19.8 Å². The van der Waals surface area contributed by atoms with Gasteiger partial charge in [0.1, 0.15) is 0 Å². The third-order valence-corrected chi connectivity index (χ3v) is 2.31. The Hall–Kier alpha value is -1.96. The van der Waals surface area contributed by atoms with Crippen molar-refractivity contribution in [2.75, 3.05) is 25.1 Å². The number of hydrogen-bond donors (Lipinski definition) is 2. The maximum Gasteiger partial charge on any atom is 0.573 e. The van der Waals surface area contributed by atoms with E-state index in [9.17, 15) is 13.2 Å². The number of ether oxygens (including phenoxy) is 2. The maximum atomic E-state index is 12.3. The van der Waals surface area contributed by atoms with Gasteiger partial charge in [-0.3, -0.25) is 4.99 Å². The number of guanidine groups is 1. The predicted molar refractivity (Wildman–Crippen MR) is 74.3 cm³/mol. The second-order valence-corrected chi connectivity index (χ2v) is 3.99. The van der Waals surface area contributed by atoms with Crippen LogP contribution in [0, 0.1) is 0 Å². The maximum absolute atomic E-state index is 12.3. The molecule has 0 heterocycles. The normalized spacial score (nSPS) is 12.3. The lowest BCUT2D eigenvalue weighted by Crippen LogP contribution is -2.24. The molecule has 0 saturated carbocycles. The predicted octanol–water partition coefficient (Wildman–Crippen LogP) is 2.74. The van der Waals surface area contributed by atoms with Gasteiger partial charge in [0.2, 0.25) is 0 Å². The third-order valence-electron chi connectivity index (χ3n) is 2.31. The van der Waals surface area contributed by atoms with E-state index in [1.807, 2.05) is 6.92 Å². The quantitative estimate of drug-likeness (QED) is 0.462. The smallest absolute Gasteiger partial charge is 0.404 e. The van der Waals surface area contributed by atoms with Gasteiger partial charge in [-0.2, -0.15) is 0 Å². The van der Waals surface area contributed by atoms with Crippen LogP contribution < -0.4 is 15.8 Å². The van der Waals surface area contributed by atoms with Crippen LogP contribution in [0.2, 0.25) is 0 Å². The molecule has 0 amide bonds. The zero-order valence-corrected chi connectivity index (χ0v) is 11.6. The van der Waals surface area contributed by atoms with Crippen LogP contribution >= 0.6 is 0 Å². The molecule has 1 aromatic rings. The molecule has 0 spiro atoms. The van der Waals surface area contributed by atoms with Crippen molar-refractivity contribution in [2.45, 2.75) is 19.7 Å². The van der Waals surface area contributed by atoms with Gasteiger partial charge in [-0.25, -0.2) is 0 Å². The molecule has 0 aromatic heterocycles. The van der Waals surface area contributed by atoms with Crippen LogP contribution in [0.25, 0.3) is 0 Å². The number of alkyl halides is 3. The van der Waals surface area contributed by atoms with E-state index in [0.717, 1.165) is 0 Å². The van der Waals surface area contributed by atoms with E-state index < -0.39 is 6.36 Å². The lowest BCUT2D eigenvalue weighted by atomic mass is 10.3. The summed E-state index contributed by atoms with van der Waals surface area (Å²) in [6, 6.07) is 5.61. The van der Waals surface area contributed by atoms with E-state index in [1.165, 1.54) is 18.2 Å². The van der Waals surface area contributed by atoms with E-state index in [2.05, 4.69) is 15.0 Å². The van der Waals surface area contributed by atoms with Crippen LogP contribution in [0.1, 0.15) is 13.3 Å². The first-order valence-electron chi connectivity index (χ1n) is 6.42.